The molecule has 59 heavy (non-hydrogen) atoms. The fourth-order valence-electron chi connectivity index (χ4n) is 5.96. The topological polar surface area (TPSA) is 328 Å². The Morgan fingerprint density at radius 2 is 1.66 bits per heavy atom. The van der Waals surface area contributed by atoms with Crippen LogP contribution >= 0.6 is 27.9 Å². The first-order chi connectivity index (χ1) is 27.9. The molecule has 6 rings (SSSR count). The largest absolute Gasteiger partial charge is 0.508 e. The maximum absolute atomic E-state index is 12.5. The Morgan fingerprint density at radius 3 is 2.41 bits per heavy atom. The number of hydrogen-bond donors (Lipinski definition) is 9. The van der Waals surface area contributed by atoms with E-state index >= 15 is 0 Å². The molecule has 314 valence electrons. The molecule has 0 spiro atoms. The van der Waals surface area contributed by atoms with Crippen LogP contribution in [0.15, 0.2) is 85.7 Å². The summed E-state index contributed by atoms with van der Waals surface area (Å²) in [7, 11) is -10.5. The number of aromatic hydroxyl groups is 1. The van der Waals surface area contributed by atoms with E-state index in [4.69, 9.17) is 26.1 Å². The van der Waals surface area contributed by atoms with Crippen molar-refractivity contribution < 1.29 is 71.4 Å². The quantitative estimate of drug-likeness (QED) is 0.0295. The lowest BCUT2D eigenvalue weighted by atomic mass is 9.90. The van der Waals surface area contributed by atoms with Crippen LogP contribution in [0.3, 0.4) is 0 Å². The number of aliphatic hydroxyl groups excluding tert-OH is 2. The van der Waals surface area contributed by atoms with Crippen molar-refractivity contribution in [1.82, 2.24) is 14.9 Å². The lowest BCUT2D eigenvalue weighted by Gasteiger charge is -2.19. The lowest BCUT2D eigenvalue weighted by Crippen LogP contribution is -2.37. The van der Waals surface area contributed by atoms with E-state index in [0.717, 1.165) is 16.8 Å². The molecule has 0 bridgehead atoms. The summed E-state index contributed by atoms with van der Waals surface area (Å²) in [5, 5.41) is 47.0. The molecule has 6 atom stereocenters. The Morgan fingerprint density at radius 1 is 0.915 bits per heavy atom. The number of carboxylic acids is 1. The van der Waals surface area contributed by atoms with Gasteiger partial charge in [-0.05, 0) is 54.2 Å². The minimum absolute atomic E-state index is 0.0235. The Balaban J connectivity index is 0.951. The summed E-state index contributed by atoms with van der Waals surface area (Å²) in [4.78, 5) is 69.7. The molecule has 0 saturated carbocycles. The van der Waals surface area contributed by atoms with E-state index in [1.54, 1.807) is 18.2 Å². The SMILES string of the molecule is O=C(O)c1cc(NC(=S)NCCOCCOP(=O)(O)OP(=O)(O)OCC2OC(n3ccc(=O)[nH]c3=O)C(O)C2O)ccc1-c1c2ccc(=O)cc-2oc2cc(O)ccc12. The number of phenolic OH excluding ortho intramolecular Hbond substituents is 1. The Hall–Kier alpha value is -5.13. The van der Waals surface area contributed by atoms with E-state index in [9.17, 15) is 58.5 Å². The van der Waals surface area contributed by atoms with Crippen molar-refractivity contribution >= 4 is 55.6 Å². The van der Waals surface area contributed by atoms with Gasteiger partial charge in [-0.2, -0.15) is 4.31 Å². The molecule has 1 saturated heterocycles. The molecule has 2 aliphatic heterocycles. The number of aromatic carboxylic acids is 1. The van der Waals surface area contributed by atoms with Crippen LogP contribution in [-0.4, -0.2) is 102 Å². The van der Waals surface area contributed by atoms with Crippen LogP contribution in [0.2, 0.25) is 0 Å². The molecule has 25 heteroatoms. The molecule has 6 unspecified atom stereocenters. The highest BCUT2D eigenvalue weighted by Crippen LogP contribution is 2.60. The van der Waals surface area contributed by atoms with E-state index in [2.05, 4.69) is 24.0 Å². The number of ether oxygens (including phenoxy) is 2. The van der Waals surface area contributed by atoms with Crippen molar-refractivity contribution in [2.45, 2.75) is 24.5 Å². The molecule has 1 aromatic heterocycles. The number of fused-ring (bicyclic) bond motifs is 2. The number of phenols is 1. The number of carbonyl (C=O) groups is 1. The monoisotopic (exact) mass is 880 g/mol. The van der Waals surface area contributed by atoms with Gasteiger partial charge >= 0.3 is 27.3 Å². The molecule has 3 heterocycles. The maximum Gasteiger partial charge on any atom is 0.481 e. The highest BCUT2D eigenvalue weighted by atomic mass is 32.1. The van der Waals surface area contributed by atoms with E-state index in [1.165, 1.54) is 36.4 Å². The molecule has 0 radical (unpaired) electrons. The normalized spacial score (nSPS) is 19.9. The number of H-pyrrole nitrogens is 1. The Bertz CT molecular complexity index is 2630. The zero-order valence-electron chi connectivity index (χ0n) is 30.0. The summed E-state index contributed by atoms with van der Waals surface area (Å²) in [5.74, 6) is -1.15. The van der Waals surface area contributed by atoms with Gasteiger partial charge < -0.3 is 54.7 Å². The minimum Gasteiger partial charge on any atom is -0.508 e. The van der Waals surface area contributed by atoms with Gasteiger partial charge in [0.1, 0.15) is 35.4 Å². The number of hydrogen-bond acceptors (Lipinski definition) is 16. The third kappa shape index (κ3) is 10.6. The molecule has 3 aromatic rings. The number of phosphoric acid groups is 2. The first kappa shape index (κ1) is 43.4. The van der Waals surface area contributed by atoms with Crippen molar-refractivity contribution in [3.8, 4) is 28.2 Å². The molecule has 9 N–H and O–H groups in total. The van der Waals surface area contributed by atoms with Gasteiger partial charge in [-0.3, -0.25) is 28.2 Å². The average molecular weight is 881 g/mol. The molecule has 1 aliphatic carbocycles. The van der Waals surface area contributed by atoms with Crippen molar-refractivity contribution in [3.05, 3.63) is 103 Å². The zero-order chi connectivity index (χ0) is 42.6. The van der Waals surface area contributed by atoms with Gasteiger partial charge in [0.15, 0.2) is 16.8 Å². The van der Waals surface area contributed by atoms with Gasteiger partial charge in [-0.1, -0.05) is 6.07 Å². The van der Waals surface area contributed by atoms with E-state index in [1.807, 2.05) is 4.98 Å². The number of anilines is 1. The van der Waals surface area contributed by atoms with Crippen molar-refractivity contribution in [2.24, 2.45) is 0 Å². The molecule has 0 amide bonds. The second kappa shape index (κ2) is 18.0. The number of thiocarbonyl (C=S) groups is 1. The van der Waals surface area contributed by atoms with Gasteiger partial charge in [0.25, 0.3) is 5.56 Å². The van der Waals surface area contributed by atoms with Crippen molar-refractivity contribution in [3.63, 3.8) is 0 Å². The number of carboxylic acid groups (broad SMARTS) is 1. The number of phosphoric ester groups is 2. The number of benzene rings is 3. The predicted octanol–water partition coefficient (Wildman–Crippen LogP) is 1.69. The number of aromatic amines is 1. The molecular weight excluding hydrogens is 846 g/mol. The fourth-order valence-corrected chi connectivity index (χ4v) is 8.24. The van der Waals surface area contributed by atoms with Crippen molar-refractivity contribution in [2.75, 3.05) is 38.3 Å². The first-order valence-electron chi connectivity index (χ1n) is 17.1. The Labute approximate surface area is 335 Å². The summed E-state index contributed by atoms with van der Waals surface area (Å²) >= 11 is 5.30. The number of nitrogens with one attached hydrogen (secondary N) is 3. The van der Waals surface area contributed by atoms with Crippen LogP contribution in [-0.2, 0) is 32.0 Å². The van der Waals surface area contributed by atoms with E-state index < -0.39 is 70.6 Å². The van der Waals surface area contributed by atoms with Gasteiger partial charge in [0.2, 0.25) is 0 Å². The van der Waals surface area contributed by atoms with Gasteiger partial charge in [0.05, 0.1) is 32.0 Å². The van der Waals surface area contributed by atoms with E-state index in [0.29, 0.717) is 27.8 Å². The van der Waals surface area contributed by atoms with Gasteiger partial charge in [-0.25, -0.2) is 18.7 Å². The van der Waals surface area contributed by atoms with E-state index in [-0.39, 0.29) is 53.0 Å². The second-order valence-corrected chi connectivity index (χ2v) is 16.0. The van der Waals surface area contributed by atoms with Crippen LogP contribution in [0.4, 0.5) is 5.69 Å². The highest BCUT2D eigenvalue weighted by Gasteiger charge is 2.46. The first-order valence-corrected chi connectivity index (χ1v) is 20.5. The van der Waals surface area contributed by atoms with Crippen LogP contribution in [0.5, 0.6) is 5.75 Å². The fraction of sp³-hybridized carbons (Fsp3) is 0.265. The number of nitrogens with zero attached hydrogens (tertiary/aromatic N) is 1. The average Bonchev–Trinajstić information content (AvgIpc) is 3.44. The summed E-state index contributed by atoms with van der Waals surface area (Å²) in [6, 6.07) is 14.0. The third-order valence-electron chi connectivity index (χ3n) is 8.54. The van der Waals surface area contributed by atoms with Crippen molar-refractivity contribution in [1.29, 1.82) is 0 Å². The summed E-state index contributed by atoms with van der Waals surface area (Å²) in [5.41, 5.74) is -0.358. The molecular formula is C34H34N4O18P2S. The Kier molecular flexibility index (Phi) is 13.3. The van der Waals surface area contributed by atoms with Crippen LogP contribution in [0.25, 0.3) is 33.4 Å². The minimum atomic E-state index is -5.33. The second-order valence-electron chi connectivity index (χ2n) is 12.6. The van der Waals surface area contributed by atoms with Gasteiger partial charge in [0, 0.05) is 53.1 Å². The molecule has 2 aromatic carbocycles. The van der Waals surface area contributed by atoms with Crippen LogP contribution in [0.1, 0.15) is 16.6 Å². The smallest absolute Gasteiger partial charge is 0.481 e. The molecule has 1 fully saturated rings. The third-order valence-corrected chi connectivity index (χ3v) is 11.4. The predicted molar refractivity (Wildman–Crippen MR) is 208 cm³/mol. The van der Waals surface area contributed by atoms with Crippen LogP contribution in [0, 0.1) is 0 Å². The maximum atomic E-state index is 12.5. The molecule has 22 nitrogen and oxygen atoms in total. The summed E-state index contributed by atoms with van der Waals surface area (Å²) in [6.45, 7) is -1.76. The number of aliphatic hydroxyl groups is 2. The number of aromatic nitrogens is 2. The standard InChI is InChI=1S/C34H34N4O18P2S/c39-18-2-5-21-24(14-18)54-25-15-19(40)3-6-22(25)28(21)20-4-1-17(13-23(20)32(44)45)36-33(59)35-8-10-51-11-12-52-57(47,48)56-58(49,50)53-16-26-29(42)30(43)31(55-26)38-9-7-27(41)37-34(38)46/h1-7,9,13-15,26,29-31,39,42-43H,8,10-12,16H2,(H,44,45)(H,47,48)(H,49,50)(H2,35,36,59)(H,37,41,46). The number of rotatable bonds is 16. The summed E-state index contributed by atoms with van der Waals surface area (Å²) in [6.07, 6.45) is -5.53. The van der Waals surface area contributed by atoms with Gasteiger partial charge in [-0.15, -0.1) is 0 Å². The summed E-state index contributed by atoms with van der Waals surface area (Å²) < 4.78 is 55.3. The lowest BCUT2D eigenvalue weighted by molar-refractivity contribution is -0.0543. The van der Waals surface area contributed by atoms with Crippen LogP contribution < -0.4 is 27.3 Å². The zero-order valence-corrected chi connectivity index (χ0v) is 32.6. The molecule has 3 aliphatic rings. The highest BCUT2D eigenvalue weighted by molar-refractivity contribution is 7.80.